The first-order valence-corrected chi connectivity index (χ1v) is 12.4. The highest BCUT2D eigenvalue weighted by Gasteiger charge is 2.46. The number of benzene rings is 1. The van der Waals surface area contributed by atoms with Gasteiger partial charge in [0.15, 0.2) is 0 Å². The number of nitrogens with zero attached hydrogens (tertiary/aromatic N) is 2. The maximum atomic E-state index is 12.6. The zero-order valence-corrected chi connectivity index (χ0v) is 20.3. The zero-order valence-electron chi connectivity index (χ0n) is 20.3. The summed E-state index contributed by atoms with van der Waals surface area (Å²) in [5.41, 5.74) is 1.71. The van der Waals surface area contributed by atoms with Crippen LogP contribution in [0.1, 0.15) is 43.6 Å². The molecule has 3 heterocycles. The van der Waals surface area contributed by atoms with Crippen molar-refractivity contribution in [3.8, 4) is 5.75 Å². The van der Waals surface area contributed by atoms with Crippen LogP contribution in [0.5, 0.6) is 5.75 Å². The number of carbonyl (C=O) groups is 2. The Balaban J connectivity index is 1.35. The molecule has 0 aliphatic carbocycles. The van der Waals surface area contributed by atoms with Gasteiger partial charge in [-0.2, -0.15) is 0 Å². The summed E-state index contributed by atoms with van der Waals surface area (Å²) in [4.78, 5) is 29.0. The molecule has 0 saturated carbocycles. The molecule has 2 fully saturated rings. The fourth-order valence-corrected chi connectivity index (χ4v) is 5.27. The van der Waals surface area contributed by atoms with E-state index < -0.39 is 6.10 Å². The van der Waals surface area contributed by atoms with Crippen molar-refractivity contribution in [3.05, 3.63) is 23.8 Å². The number of ether oxygens (including phenoxy) is 2. The van der Waals surface area contributed by atoms with E-state index in [0.717, 1.165) is 30.9 Å². The number of likely N-dealkylation sites (N-methyl/N-ethyl adjacent to an activating group) is 1. The summed E-state index contributed by atoms with van der Waals surface area (Å²) < 4.78 is 12.2. The van der Waals surface area contributed by atoms with Gasteiger partial charge in [0.05, 0.1) is 25.7 Å². The summed E-state index contributed by atoms with van der Waals surface area (Å²) in [5.74, 6) is 0.632. The first kappa shape index (κ1) is 24.9. The summed E-state index contributed by atoms with van der Waals surface area (Å²) in [7, 11) is 3.70. The highest BCUT2D eigenvalue weighted by Crippen LogP contribution is 2.47. The number of anilines is 1. The molecule has 9 nitrogen and oxygen atoms in total. The second-order valence-electron chi connectivity index (χ2n) is 9.90. The van der Waals surface area contributed by atoms with Crippen LogP contribution in [0.15, 0.2) is 18.2 Å². The molecule has 0 aromatic heterocycles. The van der Waals surface area contributed by atoms with E-state index in [2.05, 4.69) is 15.5 Å². The average Bonchev–Trinajstić information content (AvgIpc) is 3.16. The maximum absolute atomic E-state index is 12.6. The number of fused-ring (bicyclic) bond motifs is 3. The van der Waals surface area contributed by atoms with Crippen molar-refractivity contribution in [3.63, 3.8) is 0 Å². The molecule has 3 aliphatic rings. The van der Waals surface area contributed by atoms with Crippen molar-refractivity contribution in [1.29, 1.82) is 0 Å². The Morgan fingerprint density at radius 1 is 1.18 bits per heavy atom. The monoisotopic (exact) mass is 474 g/mol. The molecule has 0 bridgehead atoms. The van der Waals surface area contributed by atoms with Crippen LogP contribution in [0.4, 0.5) is 5.69 Å². The Morgan fingerprint density at radius 2 is 1.97 bits per heavy atom. The van der Waals surface area contributed by atoms with Gasteiger partial charge >= 0.3 is 0 Å². The molecule has 188 valence electrons. The normalized spacial score (nSPS) is 26.5. The lowest BCUT2D eigenvalue weighted by atomic mass is 9.84. The van der Waals surface area contributed by atoms with Crippen molar-refractivity contribution in [2.45, 2.75) is 56.3 Å². The molecule has 2 amide bonds. The number of rotatable bonds is 9. The molecule has 3 N–H and O–H groups in total. The lowest BCUT2D eigenvalue weighted by Gasteiger charge is -2.37. The quantitative estimate of drug-likeness (QED) is 0.494. The van der Waals surface area contributed by atoms with Crippen LogP contribution in [0.2, 0.25) is 0 Å². The van der Waals surface area contributed by atoms with Crippen LogP contribution in [-0.2, 0) is 14.3 Å². The lowest BCUT2D eigenvalue weighted by Crippen LogP contribution is -2.47. The number of likely N-dealkylation sites (tertiary alicyclic amines) is 1. The summed E-state index contributed by atoms with van der Waals surface area (Å²) in [6, 6.07) is 5.63. The Kier molecular flexibility index (Phi) is 8.41. The molecule has 2 saturated heterocycles. The van der Waals surface area contributed by atoms with E-state index in [1.807, 2.05) is 37.2 Å². The van der Waals surface area contributed by atoms with Gasteiger partial charge in [0.2, 0.25) is 11.8 Å². The number of nitrogens with one attached hydrogen (secondary N) is 2. The van der Waals surface area contributed by atoms with Crippen molar-refractivity contribution in [2.75, 3.05) is 58.7 Å². The molecule has 1 aromatic carbocycles. The molecular formula is C25H38N4O5. The van der Waals surface area contributed by atoms with Gasteiger partial charge in [-0.25, -0.2) is 0 Å². The second kappa shape index (κ2) is 11.5. The highest BCUT2D eigenvalue weighted by atomic mass is 16.6. The van der Waals surface area contributed by atoms with Crippen LogP contribution in [-0.4, -0.2) is 98.5 Å². The van der Waals surface area contributed by atoms with Crippen LogP contribution >= 0.6 is 0 Å². The van der Waals surface area contributed by atoms with Gasteiger partial charge in [0.1, 0.15) is 18.0 Å². The summed E-state index contributed by atoms with van der Waals surface area (Å²) in [5, 5.41) is 15.9. The minimum atomic E-state index is -0.496. The van der Waals surface area contributed by atoms with Crippen LogP contribution in [0.25, 0.3) is 0 Å². The van der Waals surface area contributed by atoms with Crippen LogP contribution in [0, 0.1) is 0 Å². The molecule has 0 radical (unpaired) electrons. The first-order valence-electron chi connectivity index (χ1n) is 12.4. The molecule has 4 atom stereocenters. The molecule has 3 aliphatic heterocycles. The van der Waals surface area contributed by atoms with Crippen molar-refractivity contribution >= 4 is 17.5 Å². The third kappa shape index (κ3) is 6.27. The predicted octanol–water partition coefficient (Wildman–Crippen LogP) is 1.17. The number of carbonyl (C=O) groups excluding carboxylic acids is 2. The zero-order chi connectivity index (χ0) is 24.1. The van der Waals surface area contributed by atoms with Crippen LogP contribution in [0.3, 0.4) is 0 Å². The van der Waals surface area contributed by atoms with E-state index in [9.17, 15) is 14.7 Å². The van der Waals surface area contributed by atoms with E-state index in [1.54, 1.807) is 0 Å². The highest BCUT2D eigenvalue weighted by molar-refractivity contribution is 5.92. The fourth-order valence-electron chi connectivity index (χ4n) is 5.27. The fraction of sp³-hybridized carbons (Fsp3) is 0.680. The third-order valence-electron chi connectivity index (χ3n) is 6.85. The summed E-state index contributed by atoms with van der Waals surface area (Å²) >= 11 is 0. The second-order valence-corrected chi connectivity index (χ2v) is 9.90. The predicted molar refractivity (Wildman–Crippen MR) is 129 cm³/mol. The van der Waals surface area contributed by atoms with Gasteiger partial charge in [0, 0.05) is 30.3 Å². The van der Waals surface area contributed by atoms with Gasteiger partial charge in [-0.05, 0) is 64.6 Å². The Hall–Kier alpha value is -2.20. The number of hydrogen-bond acceptors (Lipinski definition) is 7. The minimum absolute atomic E-state index is 0.00208. The Labute approximate surface area is 201 Å². The topological polar surface area (TPSA) is 103 Å². The first-order chi connectivity index (χ1) is 16.4. The molecule has 4 rings (SSSR count). The van der Waals surface area contributed by atoms with Crippen molar-refractivity contribution < 1.29 is 24.2 Å². The number of piperidine rings is 1. The van der Waals surface area contributed by atoms with Gasteiger partial charge in [-0.15, -0.1) is 0 Å². The van der Waals surface area contributed by atoms with Gasteiger partial charge in [-0.3, -0.25) is 9.59 Å². The van der Waals surface area contributed by atoms with E-state index in [1.165, 1.54) is 19.3 Å². The lowest BCUT2D eigenvalue weighted by molar-refractivity contribution is -0.142. The smallest absolute Gasteiger partial charge is 0.238 e. The van der Waals surface area contributed by atoms with E-state index in [4.69, 9.17) is 9.47 Å². The molecule has 9 heteroatoms. The minimum Gasteiger partial charge on any atom is -0.487 e. The summed E-state index contributed by atoms with van der Waals surface area (Å²) in [6.07, 6.45) is 3.56. The summed E-state index contributed by atoms with van der Waals surface area (Å²) in [6.45, 7) is 3.87. The largest absolute Gasteiger partial charge is 0.487 e. The molecule has 34 heavy (non-hydrogen) atoms. The van der Waals surface area contributed by atoms with Crippen molar-refractivity contribution in [2.24, 2.45) is 0 Å². The Morgan fingerprint density at radius 3 is 2.71 bits per heavy atom. The molecule has 1 aromatic rings. The number of hydrogen-bond donors (Lipinski definition) is 3. The third-order valence-corrected chi connectivity index (χ3v) is 6.85. The number of amides is 2. The Bertz CT molecular complexity index is 858. The average molecular weight is 475 g/mol. The van der Waals surface area contributed by atoms with Gasteiger partial charge in [0.25, 0.3) is 0 Å². The van der Waals surface area contributed by atoms with Crippen molar-refractivity contribution in [1.82, 2.24) is 15.1 Å². The van der Waals surface area contributed by atoms with E-state index in [-0.39, 0.29) is 43.0 Å². The standard InChI is InChI=1S/C25H38N4O5/c1-28(2)15-24(32)27-17-6-7-21-19(12-17)20-13-18(33-22(16-30)25(20)34-21)14-23(31)26-8-11-29-9-4-3-5-10-29/h6-7,12,18,20,22,25,30H,3-5,8-11,13-16H2,1-2H3,(H,26,31)(H,27,32)/t18-,20-,22+,25+/m1/s1. The molecular weight excluding hydrogens is 436 g/mol. The molecule has 0 spiro atoms. The van der Waals surface area contributed by atoms with E-state index in [0.29, 0.717) is 25.2 Å². The van der Waals surface area contributed by atoms with Gasteiger partial charge < -0.3 is 35.0 Å². The van der Waals surface area contributed by atoms with Gasteiger partial charge in [-0.1, -0.05) is 6.42 Å². The van der Waals surface area contributed by atoms with E-state index >= 15 is 0 Å². The number of aliphatic hydroxyl groups is 1. The van der Waals surface area contributed by atoms with Crippen LogP contribution < -0.4 is 15.4 Å². The number of aliphatic hydroxyl groups excluding tert-OH is 1. The maximum Gasteiger partial charge on any atom is 0.238 e. The SMILES string of the molecule is CN(C)CC(=O)Nc1ccc2c(c1)[C@H]1C[C@H](CC(=O)NCCN3CCCCC3)O[C@@H](CO)[C@H]1O2. The molecule has 0 unspecified atom stereocenters.